The molecule has 0 saturated carbocycles. The van der Waals surface area contributed by atoms with Crippen LogP contribution in [-0.2, 0) is 0 Å². The zero-order valence-electron chi connectivity index (χ0n) is 6.44. The second kappa shape index (κ2) is 3.27. The molecule has 0 bridgehead atoms. The van der Waals surface area contributed by atoms with Crippen LogP contribution in [0.4, 0.5) is 5.82 Å². The third-order valence-electron chi connectivity index (χ3n) is 1.43. The summed E-state index contributed by atoms with van der Waals surface area (Å²) in [5, 5.41) is 8.31. The van der Waals surface area contributed by atoms with Crippen molar-refractivity contribution in [3.8, 4) is 10.6 Å². The lowest BCUT2D eigenvalue weighted by Gasteiger charge is -1.93. The second-order valence-electron chi connectivity index (χ2n) is 2.33. The van der Waals surface area contributed by atoms with E-state index in [1.165, 1.54) is 11.3 Å². The largest absolute Gasteiger partial charge is 0.384 e. The third-order valence-corrected chi connectivity index (χ3v) is 2.50. The van der Waals surface area contributed by atoms with Crippen molar-refractivity contribution in [2.75, 3.05) is 5.73 Å². The summed E-state index contributed by atoms with van der Waals surface area (Å²) in [5.41, 5.74) is 6.31. The molecule has 0 unspecified atom stereocenters. The van der Waals surface area contributed by atoms with Gasteiger partial charge in [-0.15, -0.1) is 10.2 Å². The number of halogens is 1. The Balaban J connectivity index is 2.41. The molecule has 0 aliphatic heterocycles. The van der Waals surface area contributed by atoms with Crippen molar-refractivity contribution in [1.82, 2.24) is 15.2 Å². The van der Waals surface area contributed by atoms with Gasteiger partial charge in [-0.1, -0.05) is 11.3 Å². The molecular weight excluding hydrogens is 208 g/mol. The van der Waals surface area contributed by atoms with Crippen LogP contribution >= 0.6 is 22.9 Å². The number of aromatic nitrogens is 3. The molecule has 0 aliphatic carbocycles. The first-order valence-corrected chi connectivity index (χ1v) is 4.66. The van der Waals surface area contributed by atoms with Gasteiger partial charge in [0.05, 0.1) is 0 Å². The minimum Gasteiger partial charge on any atom is -0.384 e. The Hall–Kier alpha value is -1.20. The average Bonchev–Trinajstić information content (AvgIpc) is 2.53. The molecule has 2 rings (SSSR count). The van der Waals surface area contributed by atoms with E-state index in [4.69, 9.17) is 17.3 Å². The van der Waals surface area contributed by atoms with Crippen molar-refractivity contribution in [2.24, 2.45) is 0 Å². The summed E-state index contributed by atoms with van der Waals surface area (Å²) in [6, 6.07) is 3.55. The lowest BCUT2D eigenvalue weighted by molar-refractivity contribution is 1.09. The molecule has 2 heterocycles. The highest BCUT2D eigenvalue weighted by atomic mass is 35.5. The van der Waals surface area contributed by atoms with E-state index in [1.54, 1.807) is 12.3 Å². The van der Waals surface area contributed by atoms with Crippen LogP contribution in [0.25, 0.3) is 10.6 Å². The predicted octanol–water partition coefficient (Wildman–Crippen LogP) is 1.84. The van der Waals surface area contributed by atoms with Crippen LogP contribution in [0.5, 0.6) is 0 Å². The molecule has 66 valence electrons. The smallest absolute Gasteiger partial charge is 0.207 e. The van der Waals surface area contributed by atoms with Crippen LogP contribution in [0, 0.1) is 0 Å². The summed E-state index contributed by atoms with van der Waals surface area (Å²) < 4.78 is 0.423. The van der Waals surface area contributed by atoms with Gasteiger partial charge in [0.15, 0.2) is 0 Å². The Labute approximate surface area is 83.4 Å². The van der Waals surface area contributed by atoms with E-state index in [1.807, 2.05) is 6.07 Å². The molecule has 2 aromatic rings. The zero-order chi connectivity index (χ0) is 9.26. The summed E-state index contributed by atoms with van der Waals surface area (Å²) in [7, 11) is 0. The molecule has 2 N–H and O–H groups in total. The van der Waals surface area contributed by atoms with Gasteiger partial charge < -0.3 is 5.73 Å². The summed E-state index contributed by atoms with van der Waals surface area (Å²) in [6.45, 7) is 0. The molecule has 0 fully saturated rings. The third kappa shape index (κ3) is 1.76. The van der Waals surface area contributed by atoms with Crippen molar-refractivity contribution in [2.45, 2.75) is 0 Å². The standard InChI is InChI=1S/C7H5ClN4S/c8-7-12-11-6(13-7)4-1-2-5(9)10-3-4/h1-3H,(H2,9,10). The number of pyridine rings is 1. The lowest BCUT2D eigenvalue weighted by Crippen LogP contribution is -1.88. The Morgan fingerprint density at radius 2 is 2.15 bits per heavy atom. The van der Waals surface area contributed by atoms with E-state index < -0.39 is 0 Å². The van der Waals surface area contributed by atoms with Gasteiger partial charge in [0.2, 0.25) is 4.47 Å². The molecular formula is C7H5ClN4S. The van der Waals surface area contributed by atoms with Crippen LogP contribution in [-0.4, -0.2) is 15.2 Å². The Kier molecular flexibility index (Phi) is 2.12. The molecule has 0 amide bonds. The highest BCUT2D eigenvalue weighted by Crippen LogP contribution is 2.25. The molecule has 0 spiro atoms. The molecule has 13 heavy (non-hydrogen) atoms. The van der Waals surface area contributed by atoms with Crippen LogP contribution < -0.4 is 5.73 Å². The van der Waals surface area contributed by atoms with E-state index in [2.05, 4.69) is 15.2 Å². The summed E-state index contributed by atoms with van der Waals surface area (Å²) >= 11 is 6.95. The van der Waals surface area contributed by atoms with Gasteiger partial charge >= 0.3 is 0 Å². The first-order chi connectivity index (χ1) is 6.25. The maximum absolute atomic E-state index is 5.64. The van der Waals surface area contributed by atoms with Gasteiger partial charge in [-0.2, -0.15) is 0 Å². The van der Waals surface area contributed by atoms with Gasteiger partial charge in [-0.3, -0.25) is 0 Å². The summed E-state index contributed by atoms with van der Waals surface area (Å²) in [4.78, 5) is 3.94. The van der Waals surface area contributed by atoms with Crippen LogP contribution in [0.15, 0.2) is 18.3 Å². The number of rotatable bonds is 1. The van der Waals surface area contributed by atoms with Gasteiger partial charge in [0.1, 0.15) is 10.8 Å². The summed E-state index contributed by atoms with van der Waals surface area (Å²) in [6.07, 6.45) is 1.65. The topological polar surface area (TPSA) is 64.7 Å². The van der Waals surface area contributed by atoms with Crippen LogP contribution in [0.3, 0.4) is 0 Å². The lowest BCUT2D eigenvalue weighted by atomic mass is 10.3. The molecule has 0 radical (unpaired) electrons. The predicted molar refractivity (Wildman–Crippen MR) is 52.6 cm³/mol. The first-order valence-electron chi connectivity index (χ1n) is 3.46. The van der Waals surface area contributed by atoms with Gasteiger partial charge in [0.25, 0.3) is 0 Å². The first kappa shape index (κ1) is 8.40. The fraction of sp³-hybridized carbons (Fsp3) is 0. The number of nitrogens with zero attached hydrogens (tertiary/aromatic N) is 3. The minimum absolute atomic E-state index is 0.423. The van der Waals surface area contributed by atoms with Gasteiger partial charge in [-0.25, -0.2) is 4.98 Å². The van der Waals surface area contributed by atoms with Crippen LogP contribution in [0.2, 0.25) is 4.47 Å². The quantitative estimate of drug-likeness (QED) is 0.784. The zero-order valence-corrected chi connectivity index (χ0v) is 8.01. The van der Waals surface area contributed by atoms with E-state index >= 15 is 0 Å². The number of nitrogen functional groups attached to an aromatic ring is 1. The number of hydrogen-bond donors (Lipinski definition) is 1. The monoisotopic (exact) mass is 212 g/mol. The molecule has 0 aromatic carbocycles. The number of nitrogens with two attached hydrogens (primary N) is 1. The SMILES string of the molecule is Nc1ccc(-c2nnc(Cl)s2)cn1. The maximum atomic E-state index is 5.64. The Morgan fingerprint density at radius 3 is 2.69 bits per heavy atom. The van der Waals surface area contributed by atoms with E-state index in [0.717, 1.165) is 10.6 Å². The second-order valence-corrected chi connectivity index (χ2v) is 3.89. The molecule has 0 atom stereocenters. The molecule has 4 nitrogen and oxygen atoms in total. The van der Waals surface area contributed by atoms with Gasteiger partial charge in [0, 0.05) is 11.8 Å². The van der Waals surface area contributed by atoms with E-state index in [-0.39, 0.29) is 0 Å². The summed E-state index contributed by atoms with van der Waals surface area (Å²) in [5.74, 6) is 0.486. The van der Waals surface area contributed by atoms with E-state index in [9.17, 15) is 0 Å². The van der Waals surface area contributed by atoms with Crippen LogP contribution in [0.1, 0.15) is 0 Å². The average molecular weight is 213 g/mol. The van der Waals surface area contributed by atoms with Crippen molar-refractivity contribution >= 4 is 28.8 Å². The van der Waals surface area contributed by atoms with E-state index in [0.29, 0.717) is 10.3 Å². The molecule has 0 saturated heterocycles. The van der Waals surface area contributed by atoms with Crippen molar-refractivity contribution in [3.05, 3.63) is 22.8 Å². The molecule has 0 aliphatic rings. The molecule has 6 heteroatoms. The van der Waals surface area contributed by atoms with Crippen molar-refractivity contribution in [1.29, 1.82) is 0 Å². The normalized spacial score (nSPS) is 10.2. The fourth-order valence-corrected chi connectivity index (χ4v) is 1.67. The number of anilines is 1. The van der Waals surface area contributed by atoms with Gasteiger partial charge in [-0.05, 0) is 23.7 Å². The highest BCUT2D eigenvalue weighted by molar-refractivity contribution is 7.18. The molecule has 2 aromatic heterocycles. The maximum Gasteiger partial charge on any atom is 0.207 e. The minimum atomic E-state index is 0.423. The highest BCUT2D eigenvalue weighted by Gasteiger charge is 2.04. The Bertz CT molecular complexity index is 411. The Morgan fingerprint density at radius 1 is 1.31 bits per heavy atom. The van der Waals surface area contributed by atoms with Crippen molar-refractivity contribution < 1.29 is 0 Å². The fourth-order valence-electron chi connectivity index (χ4n) is 0.854. The number of hydrogen-bond acceptors (Lipinski definition) is 5. The van der Waals surface area contributed by atoms with Crippen molar-refractivity contribution in [3.63, 3.8) is 0 Å².